The Hall–Kier alpha value is -2.58. The molecule has 1 fully saturated rings. The molecule has 158 valence electrons. The van der Waals surface area contributed by atoms with Gasteiger partial charge in [-0.15, -0.1) is 0 Å². The van der Waals surface area contributed by atoms with Gasteiger partial charge in [-0.05, 0) is 42.7 Å². The van der Waals surface area contributed by atoms with Crippen LogP contribution >= 0.6 is 11.6 Å². The van der Waals surface area contributed by atoms with Crippen molar-refractivity contribution >= 4 is 28.5 Å². The van der Waals surface area contributed by atoms with Crippen molar-refractivity contribution in [3.8, 4) is 11.1 Å². The maximum absolute atomic E-state index is 12.9. The number of imidazole rings is 1. The molecule has 1 atom stereocenters. The average Bonchev–Trinajstić information content (AvgIpc) is 3.09. The van der Waals surface area contributed by atoms with Crippen LogP contribution in [0.5, 0.6) is 0 Å². The molecule has 2 heterocycles. The van der Waals surface area contributed by atoms with Crippen molar-refractivity contribution in [2.75, 3.05) is 13.1 Å². The molecule has 0 saturated carbocycles. The number of nitrogens with zero attached hydrogens (tertiary/aromatic N) is 3. The zero-order valence-electron chi connectivity index (χ0n) is 15.9. The van der Waals surface area contributed by atoms with Gasteiger partial charge >= 0.3 is 6.18 Å². The first-order valence-electron chi connectivity index (χ1n) is 9.50. The third-order valence-corrected chi connectivity index (χ3v) is 5.60. The number of aliphatic hydroxyl groups excluding tert-OH is 1. The number of β-amino-alcohol motifs (C(OH)–C–C–N with tert-alkyl or cyclic N) is 1. The van der Waals surface area contributed by atoms with Crippen LogP contribution in [0.25, 0.3) is 22.2 Å². The normalized spacial score (nSPS) is 17.5. The number of fused-ring (bicyclic) bond motifs is 1. The second kappa shape index (κ2) is 7.92. The first kappa shape index (κ1) is 20.7. The predicted octanol–water partition coefficient (Wildman–Crippen LogP) is 4.36. The molecule has 1 aliphatic rings. The molecule has 1 saturated heterocycles. The largest absolute Gasteiger partial charge is 0.416 e. The summed E-state index contributed by atoms with van der Waals surface area (Å²) in [6.45, 7) is 0.986. The summed E-state index contributed by atoms with van der Waals surface area (Å²) < 4.78 is 40.4. The highest BCUT2D eigenvalue weighted by Crippen LogP contribution is 2.36. The van der Waals surface area contributed by atoms with Gasteiger partial charge < -0.3 is 14.6 Å². The quantitative estimate of drug-likeness (QED) is 0.662. The Morgan fingerprint density at radius 2 is 2.03 bits per heavy atom. The van der Waals surface area contributed by atoms with Crippen LogP contribution in [0.4, 0.5) is 13.2 Å². The zero-order valence-corrected chi connectivity index (χ0v) is 16.6. The lowest BCUT2D eigenvalue weighted by atomic mass is 10.0. The van der Waals surface area contributed by atoms with Crippen molar-refractivity contribution in [3.05, 3.63) is 53.3 Å². The van der Waals surface area contributed by atoms with Crippen LogP contribution in [-0.2, 0) is 17.5 Å². The highest BCUT2D eigenvalue weighted by molar-refractivity contribution is 6.33. The van der Waals surface area contributed by atoms with Gasteiger partial charge in [0, 0.05) is 23.7 Å². The Bertz CT molecular complexity index is 1100. The van der Waals surface area contributed by atoms with Crippen LogP contribution in [-0.4, -0.2) is 44.7 Å². The second-order valence-electron chi connectivity index (χ2n) is 7.40. The molecule has 1 aromatic heterocycles. The molecule has 0 spiro atoms. The SMILES string of the molecule is O=C(Cn1cnc2ccc(-c3ccc(C(F)(F)F)cc3Cl)cc21)N1CCC[C@@H](O)C1. The fourth-order valence-corrected chi connectivity index (χ4v) is 3.99. The number of carbonyl (C=O) groups is 1. The van der Waals surface area contributed by atoms with E-state index in [1.807, 2.05) is 0 Å². The van der Waals surface area contributed by atoms with Crippen LogP contribution in [0.3, 0.4) is 0 Å². The number of alkyl halides is 3. The van der Waals surface area contributed by atoms with Crippen LogP contribution in [0, 0.1) is 0 Å². The van der Waals surface area contributed by atoms with Crippen LogP contribution in [0.15, 0.2) is 42.7 Å². The number of halogens is 4. The number of piperidine rings is 1. The minimum Gasteiger partial charge on any atom is -0.391 e. The lowest BCUT2D eigenvalue weighted by molar-refractivity contribution is -0.137. The molecule has 1 aliphatic heterocycles. The Morgan fingerprint density at radius 3 is 2.73 bits per heavy atom. The molecule has 4 rings (SSSR count). The van der Waals surface area contributed by atoms with Gasteiger partial charge in [-0.2, -0.15) is 13.2 Å². The standard InChI is InChI=1S/C21H19ClF3N3O2/c22-17-9-14(21(23,24)25)4-5-16(17)13-3-6-18-19(8-13)28(12-26-18)11-20(30)27-7-1-2-15(29)10-27/h3-6,8-9,12,15,29H,1-2,7,10-11H2/t15-/m1/s1. The van der Waals surface area contributed by atoms with Gasteiger partial charge in [0.15, 0.2) is 0 Å². The van der Waals surface area contributed by atoms with E-state index in [-0.39, 0.29) is 17.5 Å². The van der Waals surface area contributed by atoms with Crippen molar-refractivity contribution in [2.45, 2.75) is 31.7 Å². The van der Waals surface area contributed by atoms with Crippen LogP contribution < -0.4 is 0 Å². The Kier molecular flexibility index (Phi) is 5.46. The summed E-state index contributed by atoms with van der Waals surface area (Å²) in [4.78, 5) is 18.6. The van der Waals surface area contributed by atoms with E-state index in [9.17, 15) is 23.1 Å². The highest BCUT2D eigenvalue weighted by Gasteiger charge is 2.31. The lowest BCUT2D eigenvalue weighted by Gasteiger charge is -2.30. The van der Waals surface area contributed by atoms with E-state index in [0.717, 1.165) is 18.6 Å². The number of aliphatic hydroxyl groups is 1. The van der Waals surface area contributed by atoms with Gasteiger partial charge in [-0.1, -0.05) is 23.7 Å². The predicted molar refractivity (Wildman–Crippen MR) is 107 cm³/mol. The first-order chi connectivity index (χ1) is 14.2. The Balaban J connectivity index is 1.63. The molecule has 1 amide bonds. The molecular formula is C21H19ClF3N3O2. The van der Waals surface area contributed by atoms with Gasteiger partial charge in [-0.3, -0.25) is 4.79 Å². The van der Waals surface area contributed by atoms with Gasteiger partial charge in [-0.25, -0.2) is 4.98 Å². The number of hydrogen-bond acceptors (Lipinski definition) is 3. The van der Waals surface area contributed by atoms with Crippen molar-refractivity contribution in [1.29, 1.82) is 0 Å². The Labute approximate surface area is 175 Å². The number of rotatable bonds is 3. The summed E-state index contributed by atoms with van der Waals surface area (Å²) in [5.74, 6) is -0.119. The molecular weight excluding hydrogens is 419 g/mol. The number of benzene rings is 2. The lowest BCUT2D eigenvalue weighted by Crippen LogP contribution is -2.43. The molecule has 0 bridgehead atoms. The molecule has 0 aliphatic carbocycles. The molecule has 2 aromatic carbocycles. The maximum atomic E-state index is 12.9. The summed E-state index contributed by atoms with van der Waals surface area (Å²) in [6, 6.07) is 8.47. The van der Waals surface area contributed by atoms with Crippen LogP contribution in [0.2, 0.25) is 5.02 Å². The molecule has 30 heavy (non-hydrogen) atoms. The molecule has 0 unspecified atom stereocenters. The van der Waals surface area contributed by atoms with Crippen molar-refractivity contribution in [3.63, 3.8) is 0 Å². The first-order valence-corrected chi connectivity index (χ1v) is 9.88. The van der Waals surface area contributed by atoms with Crippen molar-refractivity contribution < 1.29 is 23.1 Å². The maximum Gasteiger partial charge on any atom is 0.416 e. The number of likely N-dealkylation sites (tertiary alicyclic amines) is 1. The smallest absolute Gasteiger partial charge is 0.391 e. The van der Waals surface area contributed by atoms with E-state index in [2.05, 4.69) is 4.98 Å². The number of aromatic nitrogens is 2. The van der Waals surface area contributed by atoms with Crippen molar-refractivity contribution in [1.82, 2.24) is 14.5 Å². The molecule has 1 N–H and O–H groups in total. The molecule has 0 radical (unpaired) electrons. The Morgan fingerprint density at radius 1 is 1.23 bits per heavy atom. The number of carbonyl (C=O) groups excluding carboxylic acids is 1. The van der Waals surface area contributed by atoms with Crippen molar-refractivity contribution in [2.24, 2.45) is 0 Å². The fraction of sp³-hybridized carbons (Fsp3) is 0.333. The molecule has 9 heteroatoms. The van der Waals surface area contributed by atoms with Crippen LogP contribution in [0.1, 0.15) is 18.4 Å². The monoisotopic (exact) mass is 437 g/mol. The highest BCUT2D eigenvalue weighted by atomic mass is 35.5. The summed E-state index contributed by atoms with van der Waals surface area (Å²) in [7, 11) is 0. The summed E-state index contributed by atoms with van der Waals surface area (Å²) in [5, 5.41) is 9.78. The third-order valence-electron chi connectivity index (χ3n) is 5.28. The minimum absolute atomic E-state index is 0.00591. The van der Waals surface area contributed by atoms with E-state index >= 15 is 0 Å². The minimum atomic E-state index is -4.47. The van der Waals surface area contributed by atoms with Gasteiger partial charge in [0.2, 0.25) is 5.91 Å². The molecule has 5 nitrogen and oxygen atoms in total. The average molecular weight is 438 g/mol. The number of amides is 1. The van der Waals surface area contributed by atoms with E-state index < -0.39 is 17.8 Å². The van der Waals surface area contributed by atoms with Gasteiger partial charge in [0.1, 0.15) is 6.54 Å². The second-order valence-corrected chi connectivity index (χ2v) is 7.81. The fourth-order valence-electron chi connectivity index (χ4n) is 3.70. The molecule has 3 aromatic rings. The summed E-state index contributed by atoms with van der Waals surface area (Å²) >= 11 is 6.13. The third kappa shape index (κ3) is 4.15. The zero-order chi connectivity index (χ0) is 21.5. The topological polar surface area (TPSA) is 58.4 Å². The number of hydrogen-bond donors (Lipinski definition) is 1. The van der Waals surface area contributed by atoms with Gasteiger partial charge in [0.05, 0.1) is 29.0 Å². The van der Waals surface area contributed by atoms with E-state index in [1.165, 1.54) is 6.07 Å². The van der Waals surface area contributed by atoms with E-state index in [0.29, 0.717) is 41.7 Å². The summed E-state index contributed by atoms with van der Waals surface area (Å²) in [6.07, 6.45) is -1.96. The van der Waals surface area contributed by atoms with Gasteiger partial charge in [0.25, 0.3) is 0 Å². The summed E-state index contributed by atoms with van der Waals surface area (Å²) in [5.41, 5.74) is 1.62. The van der Waals surface area contributed by atoms with E-state index in [1.54, 1.807) is 34.0 Å². The van der Waals surface area contributed by atoms with E-state index in [4.69, 9.17) is 11.6 Å².